The van der Waals surface area contributed by atoms with Crippen LogP contribution in [0.15, 0.2) is 0 Å². The molecule has 2 saturated heterocycles. The van der Waals surface area contributed by atoms with Crippen molar-refractivity contribution >= 4 is 0 Å². The van der Waals surface area contributed by atoms with Crippen molar-refractivity contribution in [2.45, 2.75) is 53.0 Å². The van der Waals surface area contributed by atoms with Crippen LogP contribution >= 0.6 is 0 Å². The molecule has 0 saturated carbocycles. The van der Waals surface area contributed by atoms with Crippen LogP contribution in [0.4, 0.5) is 0 Å². The van der Waals surface area contributed by atoms with E-state index in [2.05, 4.69) is 44.8 Å². The fourth-order valence-corrected chi connectivity index (χ4v) is 3.36. The van der Waals surface area contributed by atoms with E-state index in [0.717, 1.165) is 11.8 Å². The molecule has 1 atom stereocenters. The average molecular weight is 238 g/mol. The predicted octanol–water partition coefficient (Wildman–Crippen LogP) is 2.74. The van der Waals surface area contributed by atoms with E-state index in [4.69, 9.17) is 0 Å². The molecule has 1 unspecified atom stereocenters. The van der Waals surface area contributed by atoms with E-state index < -0.39 is 0 Å². The van der Waals surface area contributed by atoms with Crippen LogP contribution in [0, 0.1) is 17.3 Å². The lowest BCUT2D eigenvalue weighted by Crippen LogP contribution is -2.50. The fraction of sp³-hybridized carbons (Fsp3) is 1.00. The Morgan fingerprint density at radius 2 is 1.76 bits per heavy atom. The molecular formula is C15H30N2. The van der Waals surface area contributed by atoms with E-state index >= 15 is 0 Å². The second-order valence-corrected chi connectivity index (χ2v) is 7.82. The molecule has 0 aromatic rings. The Labute approximate surface area is 107 Å². The molecule has 2 rings (SSSR count). The highest BCUT2D eigenvalue weighted by Crippen LogP contribution is 2.39. The summed E-state index contributed by atoms with van der Waals surface area (Å²) in [5.41, 5.74) is 0.890. The largest absolute Gasteiger partial charge is 0.316 e. The summed E-state index contributed by atoms with van der Waals surface area (Å²) in [6, 6.07) is 0. The summed E-state index contributed by atoms with van der Waals surface area (Å²) in [5.74, 6) is 1.83. The highest BCUT2D eigenvalue weighted by molar-refractivity contribution is 4.92. The molecule has 2 aliphatic rings. The smallest absolute Gasteiger partial charge is 0.0125 e. The minimum Gasteiger partial charge on any atom is -0.316 e. The lowest BCUT2D eigenvalue weighted by Gasteiger charge is -2.42. The molecule has 2 fully saturated rings. The summed E-state index contributed by atoms with van der Waals surface area (Å²) in [6.45, 7) is 17.1. The molecule has 0 bridgehead atoms. The van der Waals surface area contributed by atoms with Crippen molar-refractivity contribution in [3.8, 4) is 0 Å². The highest BCUT2D eigenvalue weighted by atomic mass is 15.2. The fourth-order valence-electron chi connectivity index (χ4n) is 3.36. The van der Waals surface area contributed by atoms with Gasteiger partial charge in [-0.3, -0.25) is 4.90 Å². The summed E-state index contributed by atoms with van der Waals surface area (Å²) < 4.78 is 0. The van der Waals surface area contributed by atoms with Crippen LogP contribution in [0.3, 0.4) is 0 Å². The highest BCUT2D eigenvalue weighted by Gasteiger charge is 2.38. The number of likely N-dealkylation sites (tertiary alicyclic amines) is 1. The first-order valence-corrected chi connectivity index (χ1v) is 7.25. The maximum atomic E-state index is 3.41. The second-order valence-electron chi connectivity index (χ2n) is 7.82. The average Bonchev–Trinajstić information content (AvgIpc) is 2.45. The first kappa shape index (κ1) is 13.4. The Morgan fingerprint density at radius 3 is 2.18 bits per heavy atom. The topological polar surface area (TPSA) is 15.3 Å². The number of hydrogen-bond donors (Lipinski definition) is 1. The van der Waals surface area contributed by atoms with Gasteiger partial charge in [-0.15, -0.1) is 0 Å². The van der Waals surface area contributed by atoms with Gasteiger partial charge in [0.1, 0.15) is 0 Å². The van der Waals surface area contributed by atoms with Crippen LogP contribution in [0.1, 0.15) is 47.5 Å². The molecule has 2 nitrogen and oxygen atoms in total. The van der Waals surface area contributed by atoms with Crippen molar-refractivity contribution in [2.75, 3.05) is 26.2 Å². The molecule has 2 heterocycles. The van der Waals surface area contributed by atoms with Gasteiger partial charge in [0, 0.05) is 12.1 Å². The maximum absolute atomic E-state index is 3.41. The van der Waals surface area contributed by atoms with E-state index in [1.54, 1.807) is 0 Å². The summed E-state index contributed by atoms with van der Waals surface area (Å²) in [6.07, 6.45) is 2.81. The summed E-state index contributed by atoms with van der Waals surface area (Å²) in [7, 11) is 0. The van der Waals surface area contributed by atoms with Gasteiger partial charge in [-0.05, 0) is 70.5 Å². The first-order valence-electron chi connectivity index (χ1n) is 7.25. The van der Waals surface area contributed by atoms with E-state index in [-0.39, 0.29) is 0 Å². The van der Waals surface area contributed by atoms with Gasteiger partial charge in [0.2, 0.25) is 0 Å². The molecule has 1 N–H and O–H groups in total. The first-order chi connectivity index (χ1) is 7.79. The Bertz CT molecular complexity index is 261. The Morgan fingerprint density at radius 1 is 1.12 bits per heavy atom. The van der Waals surface area contributed by atoms with Gasteiger partial charge in [-0.2, -0.15) is 0 Å². The molecule has 17 heavy (non-hydrogen) atoms. The lowest BCUT2D eigenvalue weighted by atomic mass is 9.70. The zero-order chi connectivity index (χ0) is 12.7. The third-order valence-electron chi connectivity index (χ3n) is 4.94. The number of hydrogen-bond acceptors (Lipinski definition) is 2. The number of rotatable bonds is 3. The molecule has 0 radical (unpaired) electrons. The van der Waals surface area contributed by atoms with Crippen molar-refractivity contribution < 1.29 is 0 Å². The molecular weight excluding hydrogens is 208 g/mol. The summed E-state index contributed by atoms with van der Waals surface area (Å²) in [4.78, 5) is 2.66. The monoisotopic (exact) mass is 238 g/mol. The van der Waals surface area contributed by atoms with Crippen LogP contribution < -0.4 is 5.32 Å². The van der Waals surface area contributed by atoms with Gasteiger partial charge in [0.05, 0.1) is 0 Å². The molecule has 0 aromatic carbocycles. The Balaban J connectivity index is 1.85. The predicted molar refractivity (Wildman–Crippen MR) is 74.2 cm³/mol. The third kappa shape index (κ3) is 3.03. The Hall–Kier alpha value is -0.0800. The second kappa shape index (κ2) is 4.55. The van der Waals surface area contributed by atoms with Gasteiger partial charge in [0.15, 0.2) is 0 Å². The number of nitrogens with zero attached hydrogens (tertiary/aromatic N) is 1. The van der Waals surface area contributed by atoms with Crippen LogP contribution in [-0.4, -0.2) is 36.6 Å². The van der Waals surface area contributed by atoms with Gasteiger partial charge >= 0.3 is 0 Å². The minimum atomic E-state index is 0.358. The van der Waals surface area contributed by atoms with Crippen molar-refractivity contribution in [3.63, 3.8) is 0 Å². The van der Waals surface area contributed by atoms with Crippen LogP contribution in [0.25, 0.3) is 0 Å². The van der Waals surface area contributed by atoms with Crippen LogP contribution in [0.2, 0.25) is 0 Å². The summed E-state index contributed by atoms with van der Waals surface area (Å²) in [5, 5.41) is 3.41. The van der Waals surface area contributed by atoms with Crippen molar-refractivity contribution in [1.29, 1.82) is 0 Å². The van der Waals surface area contributed by atoms with E-state index in [0.29, 0.717) is 11.0 Å². The van der Waals surface area contributed by atoms with E-state index in [9.17, 15) is 0 Å². The summed E-state index contributed by atoms with van der Waals surface area (Å²) >= 11 is 0. The molecule has 100 valence electrons. The van der Waals surface area contributed by atoms with Gasteiger partial charge in [0.25, 0.3) is 0 Å². The third-order valence-corrected chi connectivity index (χ3v) is 4.94. The molecule has 0 amide bonds. The van der Waals surface area contributed by atoms with Gasteiger partial charge in [-0.25, -0.2) is 0 Å². The van der Waals surface area contributed by atoms with E-state index in [1.807, 2.05) is 0 Å². The van der Waals surface area contributed by atoms with E-state index in [1.165, 1.54) is 39.0 Å². The van der Waals surface area contributed by atoms with Crippen LogP contribution in [-0.2, 0) is 0 Å². The lowest BCUT2D eigenvalue weighted by molar-refractivity contribution is 0.104. The molecule has 0 aliphatic carbocycles. The van der Waals surface area contributed by atoms with Gasteiger partial charge in [-0.1, -0.05) is 13.8 Å². The van der Waals surface area contributed by atoms with Crippen LogP contribution in [0.5, 0.6) is 0 Å². The Kier molecular flexibility index (Phi) is 3.57. The molecule has 2 heteroatoms. The number of nitrogens with one attached hydrogen (secondary N) is 1. The van der Waals surface area contributed by atoms with Crippen molar-refractivity contribution in [2.24, 2.45) is 17.3 Å². The normalized spacial score (nSPS) is 28.4. The zero-order valence-electron chi connectivity index (χ0n) is 12.3. The SMILES string of the molecule is CC(C)(CC1CCN(C(C)(C)C)C1)C1CNC1. The zero-order valence-corrected chi connectivity index (χ0v) is 12.3. The standard InChI is InChI=1S/C15H30N2/c1-14(2,3)17-7-6-12(11-17)8-15(4,5)13-9-16-10-13/h12-13,16H,6-11H2,1-5H3. The van der Waals surface area contributed by atoms with Gasteiger partial charge < -0.3 is 5.32 Å². The molecule has 2 aliphatic heterocycles. The maximum Gasteiger partial charge on any atom is 0.0125 e. The quantitative estimate of drug-likeness (QED) is 0.813. The van der Waals surface area contributed by atoms with Crippen molar-refractivity contribution in [3.05, 3.63) is 0 Å². The molecule has 0 spiro atoms. The minimum absolute atomic E-state index is 0.358. The van der Waals surface area contributed by atoms with Crippen molar-refractivity contribution in [1.82, 2.24) is 10.2 Å². The molecule has 0 aromatic heterocycles.